The number of ether oxygens (including phenoxy) is 2. The third-order valence-corrected chi connectivity index (χ3v) is 5.35. The summed E-state index contributed by atoms with van der Waals surface area (Å²) in [6, 6.07) is 14.0. The van der Waals surface area contributed by atoms with Gasteiger partial charge in [0.25, 0.3) is 0 Å². The highest BCUT2D eigenvalue weighted by Gasteiger charge is 2.28. The van der Waals surface area contributed by atoms with Crippen molar-refractivity contribution in [1.82, 2.24) is 10.3 Å². The molecule has 1 aliphatic rings. The molecule has 168 valence electrons. The Kier molecular flexibility index (Phi) is 6.32. The summed E-state index contributed by atoms with van der Waals surface area (Å²) in [5, 5.41) is 2.91. The lowest BCUT2D eigenvalue weighted by atomic mass is 10.1. The van der Waals surface area contributed by atoms with E-state index in [1.807, 2.05) is 68.1 Å². The number of amides is 2. The molecule has 1 fully saturated rings. The fourth-order valence-corrected chi connectivity index (χ4v) is 3.71. The van der Waals surface area contributed by atoms with Crippen molar-refractivity contribution in [1.29, 1.82) is 0 Å². The first kappa shape index (κ1) is 21.7. The average molecular weight is 437 g/mol. The monoisotopic (exact) mass is 436 g/mol. The third kappa shape index (κ3) is 4.40. The van der Waals surface area contributed by atoms with Gasteiger partial charge in [-0.1, -0.05) is 18.2 Å². The second-order valence-electron chi connectivity index (χ2n) is 7.72. The highest BCUT2D eigenvalue weighted by molar-refractivity contribution is 5.95. The van der Waals surface area contributed by atoms with Crippen molar-refractivity contribution in [3.63, 3.8) is 0 Å². The Morgan fingerprint density at radius 2 is 2.09 bits per heavy atom. The van der Waals surface area contributed by atoms with Gasteiger partial charge in [0, 0.05) is 36.5 Å². The van der Waals surface area contributed by atoms with Crippen LogP contribution in [0.5, 0.6) is 5.75 Å². The maximum absolute atomic E-state index is 12.3. The molecule has 4 rings (SSSR count). The molecule has 1 unspecified atom stereocenters. The fraction of sp³-hybridized carbons (Fsp3) is 0.333. The summed E-state index contributed by atoms with van der Waals surface area (Å²) < 4.78 is 17.3. The molecule has 0 radical (unpaired) electrons. The van der Waals surface area contributed by atoms with Crippen LogP contribution in [0.15, 0.2) is 53.1 Å². The Hall–Kier alpha value is -3.52. The molecule has 1 aliphatic heterocycles. The number of oxazole rings is 1. The Bertz CT molecular complexity index is 1100. The molecule has 8 heteroatoms. The van der Waals surface area contributed by atoms with Crippen LogP contribution in [0.25, 0.3) is 11.3 Å². The number of rotatable bonds is 8. The molecule has 2 aromatic carbocycles. The van der Waals surface area contributed by atoms with Crippen molar-refractivity contribution >= 4 is 23.4 Å². The van der Waals surface area contributed by atoms with Crippen LogP contribution in [0.3, 0.4) is 0 Å². The van der Waals surface area contributed by atoms with E-state index < -0.39 is 0 Å². The van der Waals surface area contributed by atoms with Crippen molar-refractivity contribution in [2.24, 2.45) is 0 Å². The minimum Gasteiger partial charge on any atom is -0.497 e. The van der Waals surface area contributed by atoms with Crippen molar-refractivity contribution in [3.8, 4) is 17.1 Å². The van der Waals surface area contributed by atoms with E-state index in [4.69, 9.17) is 13.9 Å². The highest BCUT2D eigenvalue weighted by atomic mass is 16.5. The van der Waals surface area contributed by atoms with Crippen LogP contribution in [0.2, 0.25) is 0 Å². The highest BCUT2D eigenvalue weighted by Crippen LogP contribution is 2.35. The molecule has 0 spiro atoms. The van der Waals surface area contributed by atoms with Crippen LogP contribution >= 0.6 is 0 Å². The smallest absolute Gasteiger partial charge is 0.322 e. The number of anilines is 3. The quantitative estimate of drug-likeness (QED) is 0.515. The number of benzene rings is 2. The molecule has 1 atom stereocenters. The van der Waals surface area contributed by atoms with Gasteiger partial charge in [-0.3, -0.25) is 9.80 Å². The second-order valence-corrected chi connectivity index (χ2v) is 7.72. The number of aryl methyl sites for hydroxylation is 1. The predicted molar refractivity (Wildman–Crippen MR) is 124 cm³/mol. The zero-order chi connectivity index (χ0) is 22.7. The van der Waals surface area contributed by atoms with Gasteiger partial charge < -0.3 is 19.2 Å². The number of carbonyl (C=O) groups is 1. The zero-order valence-corrected chi connectivity index (χ0v) is 18.8. The summed E-state index contributed by atoms with van der Waals surface area (Å²) in [6.07, 6.45) is 1.68. The van der Waals surface area contributed by atoms with E-state index in [-0.39, 0.29) is 12.1 Å². The lowest BCUT2D eigenvalue weighted by Crippen LogP contribution is -2.28. The van der Waals surface area contributed by atoms with Crippen LogP contribution in [0.4, 0.5) is 22.2 Å². The van der Waals surface area contributed by atoms with Crippen LogP contribution < -0.4 is 19.9 Å². The summed E-state index contributed by atoms with van der Waals surface area (Å²) in [6.45, 7) is 7.43. The maximum Gasteiger partial charge on any atom is 0.322 e. The molecule has 1 N–H and O–H groups in total. The van der Waals surface area contributed by atoms with Gasteiger partial charge >= 0.3 is 12.0 Å². The molecular weight excluding hydrogens is 408 g/mol. The summed E-state index contributed by atoms with van der Waals surface area (Å²) in [7, 11) is 1.60. The van der Waals surface area contributed by atoms with E-state index in [1.54, 1.807) is 18.2 Å². The summed E-state index contributed by atoms with van der Waals surface area (Å²) in [5.41, 5.74) is 3.56. The number of nitrogens with one attached hydrogen (secondary N) is 1. The summed E-state index contributed by atoms with van der Waals surface area (Å²) in [4.78, 5) is 20.5. The SMILES string of the molecule is CCOCN(c1ncc(-c2cc(OC)cc(N3CC(C)NC3=O)c2)o1)c1ccccc1C. The molecule has 32 heavy (non-hydrogen) atoms. The van der Waals surface area contributed by atoms with E-state index in [0.717, 1.165) is 22.5 Å². The number of methoxy groups -OCH3 is 1. The van der Waals surface area contributed by atoms with Crippen LogP contribution in [0.1, 0.15) is 19.4 Å². The minimum atomic E-state index is -0.127. The number of hydrogen-bond acceptors (Lipinski definition) is 6. The average Bonchev–Trinajstić information content (AvgIpc) is 3.41. The van der Waals surface area contributed by atoms with Crippen LogP contribution in [-0.2, 0) is 4.74 Å². The molecule has 0 saturated carbocycles. The van der Waals surface area contributed by atoms with E-state index in [2.05, 4.69) is 10.3 Å². The first-order valence-electron chi connectivity index (χ1n) is 10.6. The second kappa shape index (κ2) is 9.32. The van der Waals surface area contributed by atoms with Gasteiger partial charge in [0.1, 0.15) is 12.5 Å². The van der Waals surface area contributed by atoms with Crippen molar-refractivity contribution in [2.45, 2.75) is 26.8 Å². The van der Waals surface area contributed by atoms with E-state index in [9.17, 15) is 4.79 Å². The van der Waals surface area contributed by atoms with Gasteiger partial charge in [0.2, 0.25) is 0 Å². The van der Waals surface area contributed by atoms with Crippen molar-refractivity contribution in [3.05, 3.63) is 54.2 Å². The molecule has 0 aliphatic carbocycles. The van der Waals surface area contributed by atoms with Crippen molar-refractivity contribution in [2.75, 3.05) is 36.8 Å². The minimum absolute atomic E-state index is 0.0790. The van der Waals surface area contributed by atoms with Gasteiger partial charge in [0.05, 0.1) is 19.0 Å². The van der Waals surface area contributed by atoms with Crippen molar-refractivity contribution < 1.29 is 18.7 Å². The summed E-state index contributed by atoms with van der Waals surface area (Å²) in [5.74, 6) is 1.20. The topological polar surface area (TPSA) is 80.1 Å². The fourth-order valence-electron chi connectivity index (χ4n) is 3.71. The molecule has 3 aromatic rings. The number of aromatic nitrogens is 1. The first-order valence-corrected chi connectivity index (χ1v) is 10.6. The van der Waals surface area contributed by atoms with Gasteiger partial charge in [-0.15, -0.1) is 0 Å². The van der Waals surface area contributed by atoms with Gasteiger partial charge in [-0.05, 0) is 44.5 Å². The van der Waals surface area contributed by atoms with Gasteiger partial charge in [-0.2, -0.15) is 0 Å². The largest absolute Gasteiger partial charge is 0.497 e. The maximum atomic E-state index is 12.3. The normalized spacial score (nSPS) is 15.7. The Balaban J connectivity index is 1.70. The molecular formula is C24H28N4O4. The summed E-state index contributed by atoms with van der Waals surface area (Å²) >= 11 is 0. The zero-order valence-electron chi connectivity index (χ0n) is 18.8. The Morgan fingerprint density at radius 3 is 2.78 bits per heavy atom. The van der Waals surface area contributed by atoms with E-state index >= 15 is 0 Å². The predicted octanol–water partition coefficient (Wildman–Crippen LogP) is 4.71. The van der Waals surface area contributed by atoms with E-state index in [1.165, 1.54) is 0 Å². The first-order chi connectivity index (χ1) is 15.5. The number of hydrogen-bond donors (Lipinski definition) is 1. The van der Waals surface area contributed by atoms with Gasteiger partial charge in [-0.25, -0.2) is 9.78 Å². The van der Waals surface area contributed by atoms with E-state index in [0.29, 0.717) is 37.4 Å². The Morgan fingerprint density at radius 1 is 1.28 bits per heavy atom. The molecule has 0 bridgehead atoms. The van der Waals surface area contributed by atoms with Crippen LogP contribution in [0, 0.1) is 6.92 Å². The number of nitrogens with zero attached hydrogens (tertiary/aromatic N) is 3. The number of carbonyl (C=O) groups excluding carboxylic acids is 1. The third-order valence-electron chi connectivity index (χ3n) is 5.35. The van der Waals surface area contributed by atoms with Crippen LogP contribution in [-0.4, -0.2) is 44.0 Å². The molecule has 2 heterocycles. The molecule has 1 saturated heterocycles. The lowest BCUT2D eigenvalue weighted by molar-refractivity contribution is 0.151. The molecule has 1 aromatic heterocycles. The Labute approximate surface area is 187 Å². The number of urea groups is 1. The molecule has 2 amide bonds. The van der Waals surface area contributed by atoms with Gasteiger partial charge in [0.15, 0.2) is 5.76 Å². The lowest BCUT2D eigenvalue weighted by Gasteiger charge is -2.22. The molecule has 8 nitrogen and oxygen atoms in total. The number of para-hydroxylation sites is 1. The standard InChI is InChI=1S/C24H28N4O4/c1-5-31-15-28(21-9-7-6-8-16(21)2)24-25-13-22(32-24)18-10-19(12-20(11-18)30-4)27-14-17(3)26-23(27)29/h6-13,17H,5,14-15H2,1-4H3,(H,26,29).